The average molecular weight is 744 g/mol. The predicted octanol–water partition coefficient (Wildman–Crippen LogP) is 8.24. The van der Waals surface area contributed by atoms with Gasteiger partial charge in [-0.25, -0.2) is 0 Å². The number of rotatable bonds is 12. The fourth-order valence-electron chi connectivity index (χ4n) is 2.32. The summed E-state index contributed by atoms with van der Waals surface area (Å²) in [5.74, 6) is -111. The molecule has 0 heterocycles. The van der Waals surface area contributed by atoms with E-state index < -0.39 is 89.1 Å². The molecule has 0 amide bonds. The molecule has 0 aromatic rings. The van der Waals surface area contributed by atoms with Crippen LogP contribution < -0.4 is 0 Å². The van der Waals surface area contributed by atoms with Gasteiger partial charge in [0.1, 0.15) is 0 Å². The first-order valence-electron chi connectivity index (χ1n) is 9.20. The molecule has 268 valence electrons. The van der Waals surface area contributed by atoms with E-state index in [2.05, 4.69) is 0 Å². The van der Waals surface area contributed by atoms with Crippen molar-refractivity contribution in [1.82, 2.24) is 0 Å². The minimum absolute atomic E-state index is 6.29. The van der Waals surface area contributed by atoms with Crippen LogP contribution in [0.15, 0.2) is 0 Å². The smallest absolute Gasteiger partial charge is 0.285 e. The number of halogens is 28. The van der Waals surface area contributed by atoms with Crippen LogP contribution in [0, 0.1) is 0 Å². The van der Waals surface area contributed by atoms with Crippen LogP contribution in [-0.4, -0.2) is 89.1 Å². The molecule has 0 N–H and O–H groups in total. The van der Waals surface area contributed by atoms with Crippen molar-refractivity contribution in [2.75, 3.05) is 0 Å². The summed E-state index contributed by atoms with van der Waals surface area (Å²) in [5.41, 5.74) is 0. The summed E-state index contributed by atoms with van der Waals surface area (Å²) < 4.78 is 363. The molecule has 0 radical (unpaired) electrons. The highest BCUT2D eigenvalue weighted by atomic mass is 19.4. The lowest BCUT2D eigenvalue weighted by Gasteiger charge is -2.40. The highest BCUT2D eigenvalue weighted by molar-refractivity contribution is 6.14. The second kappa shape index (κ2) is 10.2. The van der Waals surface area contributed by atoms with Crippen molar-refractivity contribution < 1.29 is 133 Å². The van der Waals surface area contributed by atoms with Crippen molar-refractivity contribution in [2.45, 2.75) is 77.5 Å². The lowest BCUT2D eigenvalue weighted by molar-refractivity contribution is -0.437. The summed E-state index contributed by atoms with van der Waals surface area (Å²) in [6.45, 7) is 0. The molecule has 0 saturated heterocycles. The Hall–Kier alpha value is -2.62. The Morgan fingerprint density at radius 1 is 0.244 bits per heavy atom. The normalized spacial score (nSPS) is 16.6. The summed E-state index contributed by atoms with van der Waals surface area (Å²) in [6.07, 6.45) is -16.3. The van der Waals surface area contributed by atoms with Crippen LogP contribution in [0.5, 0.6) is 0 Å². The minimum atomic E-state index is -9.23. The molecule has 0 aromatic heterocycles. The molecule has 0 aromatic carbocycles. The fraction of sp³-hybridized carbons (Fsp3) is 0.867. The van der Waals surface area contributed by atoms with Crippen molar-refractivity contribution in [3.05, 3.63) is 0 Å². The first kappa shape index (κ1) is 42.4. The fourth-order valence-corrected chi connectivity index (χ4v) is 2.32. The van der Waals surface area contributed by atoms with E-state index in [4.69, 9.17) is 0 Å². The van der Waals surface area contributed by atoms with Gasteiger partial charge in [-0.3, -0.25) is 9.59 Å². The molecule has 0 unspecified atom stereocenters. The van der Waals surface area contributed by atoms with Crippen LogP contribution >= 0.6 is 0 Å². The van der Waals surface area contributed by atoms with Gasteiger partial charge in [0, 0.05) is 0 Å². The molecule has 0 atom stereocenters. The molecule has 30 heteroatoms. The van der Waals surface area contributed by atoms with Gasteiger partial charge in [-0.15, -0.1) is 0 Å². The Labute approximate surface area is 223 Å². The molecule has 0 aliphatic rings. The van der Waals surface area contributed by atoms with Gasteiger partial charge in [-0.1, -0.05) is 0 Å². The predicted molar refractivity (Wildman–Crippen MR) is 76.5 cm³/mol. The summed E-state index contributed by atoms with van der Waals surface area (Å²) in [5, 5.41) is 0. The molecule has 45 heavy (non-hydrogen) atoms. The summed E-state index contributed by atoms with van der Waals surface area (Å²) in [6, 6.07) is 0. The Bertz CT molecular complexity index is 1060. The van der Waals surface area contributed by atoms with E-state index in [-0.39, 0.29) is 0 Å². The Morgan fingerprint density at radius 3 is 0.556 bits per heavy atom. The molecule has 0 spiro atoms. The highest BCUT2D eigenvalue weighted by Crippen LogP contribution is 2.63. The SMILES string of the molecule is O=C(C(F)(F)C(=O)C(F)(F)C(F)(F)C(F)(F)C(F)(F)C(F)(F)C(F)(F)F)C(F)(F)C(F)(F)C(F)(F)C(F)(F)C(F)(F)C(F)(F)F. The molecule has 0 bridgehead atoms. The first-order valence-corrected chi connectivity index (χ1v) is 9.20. The van der Waals surface area contributed by atoms with E-state index in [0.717, 1.165) is 0 Å². The Balaban J connectivity index is 7.20. The van der Waals surface area contributed by atoms with Gasteiger partial charge in [0.05, 0.1) is 0 Å². The van der Waals surface area contributed by atoms with E-state index in [9.17, 15) is 133 Å². The van der Waals surface area contributed by atoms with Crippen LogP contribution in [0.4, 0.5) is 123 Å². The maximum absolute atomic E-state index is 13.6. The van der Waals surface area contributed by atoms with Crippen molar-refractivity contribution in [3.63, 3.8) is 0 Å². The second-order valence-corrected chi connectivity index (χ2v) is 7.97. The van der Waals surface area contributed by atoms with Crippen LogP contribution in [0.25, 0.3) is 0 Å². The summed E-state index contributed by atoms with van der Waals surface area (Å²) in [7, 11) is 0. The van der Waals surface area contributed by atoms with E-state index in [1.165, 1.54) is 0 Å². The number of alkyl halides is 28. The van der Waals surface area contributed by atoms with Crippen molar-refractivity contribution in [1.29, 1.82) is 0 Å². The van der Waals surface area contributed by atoms with E-state index >= 15 is 0 Å². The largest absolute Gasteiger partial charge is 0.460 e. The number of carbonyl (C=O) groups is 2. The monoisotopic (exact) mass is 744 g/mol. The standard InChI is InChI=1S/C15F28O2/c16-3(17,1(44)4(18,19)6(22,23)8(26,27)10(30,31)12(34,35)14(38,39)40)2(45)5(20,21)7(24,25)9(28,29)11(32,33)13(36,37)15(41,42)43. The lowest BCUT2D eigenvalue weighted by atomic mass is 9.86. The zero-order valence-electron chi connectivity index (χ0n) is 18.9. The van der Waals surface area contributed by atoms with Crippen LogP contribution in [0.1, 0.15) is 0 Å². The third kappa shape index (κ3) is 5.17. The minimum Gasteiger partial charge on any atom is -0.285 e. The maximum atomic E-state index is 13.6. The van der Waals surface area contributed by atoms with Gasteiger partial charge in [0.25, 0.3) is 11.6 Å². The van der Waals surface area contributed by atoms with E-state index in [1.807, 2.05) is 0 Å². The van der Waals surface area contributed by atoms with Crippen LogP contribution in [0.2, 0.25) is 0 Å². The van der Waals surface area contributed by atoms with Crippen molar-refractivity contribution >= 4 is 11.6 Å². The second-order valence-electron chi connectivity index (χ2n) is 7.97. The van der Waals surface area contributed by atoms with Crippen molar-refractivity contribution in [2.24, 2.45) is 0 Å². The molecule has 2 nitrogen and oxygen atoms in total. The zero-order chi connectivity index (χ0) is 37.7. The Kier molecular flexibility index (Phi) is 9.59. The number of hydrogen-bond acceptors (Lipinski definition) is 2. The molecule has 0 aliphatic heterocycles. The number of carbonyl (C=O) groups excluding carboxylic acids is 2. The van der Waals surface area contributed by atoms with E-state index in [0.29, 0.717) is 0 Å². The average Bonchev–Trinajstić information content (AvgIpc) is 2.80. The zero-order valence-corrected chi connectivity index (χ0v) is 18.9. The molecule has 0 rings (SSSR count). The lowest BCUT2D eigenvalue weighted by Crippen LogP contribution is -2.74. The van der Waals surface area contributed by atoms with Crippen LogP contribution in [-0.2, 0) is 9.59 Å². The number of hydrogen-bond donors (Lipinski definition) is 0. The summed E-state index contributed by atoms with van der Waals surface area (Å²) >= 11 is 0. The topological polar surface area (TPSA) is 34.1 Å². The Morgan fingerprint density at radius 2 is 0.400 bits per heavy atom. The summed E-state index contributed by atoms with van der Waals surface area (Å²) in [4.78, 5) is 21.9. The first-order chi connectivity index (χ1) is 18.8. The van der Waals surface area contributed by atoms with Crippen molar-refractivity contribution in [3.8, 4) is 0 Å². The molecule has 0 aliphatic carbocycles. The van der Waals surface area contributed by atoms with Gasteiger partial charge in [-0.2, -0.15) is 123 Å². The van der Waals surface area contributed by atoms with E-state index in [1.54, 1.807) is 0 Å². The third-order valence-corrected chi connectivity index (χ3v) is 5.01. The molecular weight excluding hydrogens is 744 g/mol. The van der Waals surface area contributed by atoms with Crippen LogP contribution in [0.3, 0.4) is 0 Å². The quantitative estimate of drug-likeness (QED) is 0.149. The van der Waals surface area contributed by atoms with Gasteiger partial charge in [0.15, 0.2) is 0 Å². The van der Waals surface area contributed by atoms with Gasteiger partial charge < -0.3 is 0 Å². The molecule has 0 saturated carbocycles. The van der Waals surface area contributed by atoms with Gasteiger partial charge >= 0.3 is 77.5 Å². The van der Waals surface area contributed by atoms with Gasteiger partial charge in [-0.05, 0) is 0 Å². The number of Topliss-reactive ketones (excluding diaryl/α,β-unsaturated/α-hetero) is 2. The highest BCUT2D eigenvalue weighted by Gasteiger charge is 2.95. The molecule has 0 fully saturated rings. The molecular formula is C15F28O2. The number of ketones is 2. The van der Waals surface area contributed by atoms with Gasteiger partial charge in [0.2, 0.25) is 0 Å². The third-order valence-electron chi connectivity index (χ3n) is 5.01. The maximum Gasteiger partial charge on any atom is 0.460 e.